The van der Waals surface area contributed by atoms with Gasteiger partial charge in [-0.3, -0.25) is 4.79 Å². The molecule has 0 heterocycles. The zero-order valence-electron chi connectivity index (χ0n) is 8.99. The molecule has 0 saturated carbocycles. The Morgan fingerprint density at radius 3 is 2.60 bits per heavy atom. The van der Waals surface area contributed by atoms with E-state index < -0.39 is 0 Å². The topological polar surface area (TPSA) is 29.1 Å². The van der Waals surface area contributed by atoms with E-state index >= 15 is 0 Å². The number of hydrogen-bond acceptors (Lipinski definition) is 2. The summed E-state index contributed by atoms with van der Waals surface area (Å²) in [7, 11) is 0. The van der Waals surface area contributed by atoms with Crippen molar-refractivity contribution in [2.75, 3.05) is 6.54 Å². The maximum Gasteiger partial charge on any atom is 0.257 e. The van der Waals surface area contributed by atoms with Crippen LogP contribution in [0.3, 0.4) is 0 Å². The third kappa shape index (κ3) is 3.80. The molecule has 2 nitrogen and oxygen atoms in total. The normalized spacial score (nSPS) is 11.2. The first-order chi connectivity index (χ1) is 7.27. The van der Waals surface area contributed by atoms with Crippen LogP contribution in [-0.2, 0) is 4.79 Å². The van der Waals surface area contributed by atoms with Gasteiger partial charge in [0.05, 0.1) is 4.91 Å². The van der Waals surface area contributed by atoms with Gasteiger partial charge < -0.3 is 5.32 Å². The summed E-state index contributed by atoms with van der Waals surface area (Å²) in [6.45, 7) is 4.45. The molecule has 1 aromatic rings. The summed E-state index contributed by atoms with van der Waals surface area (Å²) >= 11 is 1.49. The highest BCUT2D eigenvalue weighted by atomic mass is 32.2. The van der Waals surface area contributed by atoms with Crippen molar-refractivity contribution in [3.8, 4) is 0 Å². The van der Waals surface area contributed by atoms with Crippen molar-refractivity contribution < 1.29 is 4.79 Å². The van der Waals surface area contributed by atoms with Gasteiger partial charge in [0.1, 0.15) is 0 Å². The van der Waals surface area contributed by atoms with Crippen molar-refractivity contribution in [2.45, 2.75) is 18.7 Å². The van der Waals surface area contributed by atoms with Gasteiger partial charge in [-0.2, -0.15) is 0 Å². The molecule has 0 aliphatic heterocycles. The second-order valence-corrected chi connectivity index (χ2v) is 4.04. The lowest BCUT2D eigenvalue weighted by Gasteiger charge is -2.06. The molecular weight excluding hydrogens is 206 g/mol. The van der Waals surface area contributed by atoms with E-state index in [1.807, 2.05) is 50.3 Å². The Morgan fingerprint density at radius 1 is 1.40 bits per heavy atom. The van der Waals surface area contributed by atoms with Gasteiger partial charge in [-0.15, -0.1) is 0 Å². The van der Waals surface area contributed by atoms with Crippen molar-refractivity contribution in [1.82, 2.24) is 5.32 Å². The highest BCUT2D eigenvalue weighted by Crippen LogP contribution is 2.25. The van der Waals surface area contributed by atoms with Crippen LogP contribution < -0.4 is 5.32 Å². The predicted octanol–water partition coefficient (Wildman–Crippen LogP) is 2.82. The summed E-state index contributed by atoms with van der Waals surface area (Å²) in [6, 6.07) is 9.88. The number of amides is 1. The molecular formula is C12H15NOS. The number of likely N-dealkylation sites (N-methyl/N-ethyl adjacent to an activating group) is 1. The Balaban J connectivity index is 2.67. The van der Waals surface area contributed by atoms with Crippen molar-refractivity contribution in [1.29, 1.82) is 0 Å². The van der Waals surface area contributed by atoms with Crippen LogP contribution >= 0.6 is 11.8 Å². The number of carbonyl (C=O) groups is 1. The SMILES string of the molecule is C/C=C(/Sc1ccccc1)C(=O)NCC. The molecule has 1 amide bonds. The molecule has 0 radical (unpaired) electrons. The molecule has 0 atom stereocenters. The smallest absolute Gasteiger partial charge is 0.257 e. The summed E-state index contributed by atoms with van der Waals surface area (Å²) < 4.78 is 0. The van der Waals surface area contributed by atoms with E-state index in [1.54, 1.807) is 0 Å². The number of thioether (sulfide) groups is 1. The highest BCUT2D eigenvalue weighted by molar-refractivity contribution is 8.04. The summed E-state index contributed by atoms with van der Waals surface area (Å²) in [5.74, 6) is -0.00569. The van der Waals surface area contributed by atoms with E-state index in [-0.39, 0.29) is 5.91 Å². The van der Waals surface area contributed by atoms with Gasteiger partial charge in [0.2, 0.25) is 0 Å². The number of carbonyl (C=O) groups excluding carboxylic acids is 1. The van der Waals surface area contributed by atoms with Crippen LogP contribution in [0.25, 0.3) is 0 Å². The number of hydrogen-bond donors (Lipinski definition) is 1. The van der Waals surface area contributed by atoms with Crippen molar-refractivity contribution in [3.05, 3.63) is 41.3 Å². The first-order valence-electron chi connectivity index (χ1n) is 4.95. The third-order valence-corrected chi connectivity index (χ3v) is 2.94. The lowest BCUT2D eigenvalue weighted by molar-refractivity contribution is -0.116. The second-order valence-electron chi connectivity index (χ2n) is 2.93. The van der Waals surface area contributed by atoms with Gasteiger partial charge in [0.25, 0.3) is 5.91 Å². The van der Waals surface area contributed by atoms with Gasteiger partial charge in [-0.1, -0.05) is 36.0 Å². The van der Waals surface area contributed by atoms with E-state index in [9.17, 15) is 4.79 Å². The maximum absolute atomic E-state index is 11.6. The quantitative estimate of drug-likeness (QED) is 0.625. The first-order valence-corrected chi connectivity index (χ1v) is 5.77. The zero-order chi connectivity index (χ0) is 11.1. The molecule has 80 valence electrons. The van der Waals surface area contributed by atoms with E-state index in [0.717, 1.165) is 9.80 Å². The van der Waals surface area contributed by atoms with Gasteiger partial charge in [-0.05, 0) is 26.0 Å². The molecule has 15 heavy (non-hydrogen) atoms. The molecule has 0 bridgehead atoms. The Bertz CT molecular complexity index is 346. The Labute approximate surface area is 94.8 Å². The van der Waals surface area contributed by atoms with E-state index in [4.69, 9.17) is 0 Å². The maximum atomic E-state index is 11.6. The minimum Gasteiger partial charge on any atom is -0.352 e. The van der Waals surface area contributed by atoms with Crippen LogP contribution in [0.1, 0.15) is 13.8 Å². The third-order valence-electron chi connectivity index (χ3n) is 1.79. The number of rotatable bonds is 4. The van der Waals surface area contributed by atoms with E-state index in [0.29, 0.717) is 6.54 Å². The summed E-state index contributed by atoms with van der Waals surface area (Å²) in [6.07, 6.45) is 1.84. The van der Waals surface area contributed by atoms with Gasteiger partial charge in [-0.25, -0.2) is 0 Å². The van der Waals surface area contributed by atoms with Crippen LogP contribution in [0.4, 0.5) is 0 Å². The van der Waals surface area contributed by atoms with E-state index in [1.165, 1.54) is 11.8 Å². The average molecular weight is 221 g/mol. The highest BCUT2D eigenvalue weighted by Gasteiger charge is 2.08. The number of benzene rings is 1. The standard InChI is InChI=1S/C12H15NOS/c1-3-11(12(14)13-4-2)15-10-8-6-5-7-9-10/h3,5-9H,4H2,1-2H3,(H,13,14)/b11-3+. The first kappa shape index (κ1) is 11.9. The minimum absolute atomic E-state index is 0.00569. The monoisotopic (exact) mass is 221 g/mol. The fraction of sp³-hybridized carbons (Fsp3) is 0.250. The van der Waals surface area contributed by atoms with Crippen LogP contribution in [0, 0.1) is 0 Å². The van der Waals surface area contributed by atoms with Crippen LogP contribution in [0.5, 0.6) is 0 Å². The molecule has 0 aliphatic rings. The molecule has 0 unspecified atom stereocenters. The van der Waals surface area contributed by atoms with Gasteiger partial charge in [0, 0.05) is 11.4 Å². The Hall–Kier alpha value is -1.22. The Kier molecular flexibility index (Phi) is 4.98. The van der Waals surface area contributed by atoms with Gasteiger partial charge >= 0.3 is 0 Å². The summed E-state index contributed by atoms with van der Waals surface area (Å²) in [5, 5.41) is 2.79. The van der Waals surface area contributed by atoms with Crippen molar-refractivity contribution in [3.63, 3.8) is 0 Å². The number of allylic oxidation sites excluding steroid dienone is 1. The minimum atomic E-state index is -0.00569. The molecule has 0 aromatic heterocycles. The largest absolute Gasteiger partial charge is 0.352 e. The van der Waals surface area contributed by atoms with Crippen LogP contribution in [0.2, 0.25) is 0 Å². The van der Waals surface area contributed by atoms with Crippen LogP contribution in [-0.4, -0.2) is 12.5 Å². The van der Waals surface area contributed by atoms with Gasteiger partial charge in [0.15, 0.2) is 0 Å². The number of nitrogens with one attached hydrogen (secondary N) is 1. The molecule has 0 fully saturated rings. The summed E-state index contributed by atoms with van der Waals surface area (Å²) in [5.41, 5.74) is 0. The molecule has 0 saturated heterocycles. The van der Waals surface area contributed by atoms with Crippen molar-refractivity contribution in [2.24, 2.45) is 0 Å². The molecule has 1 aromatic carbocycles. The predicted molar refractivity (Wildman–Crippen MR) is 64.7 cm³/mol. The lowest BCUT2D eigenvalue weighted by atomic mass is 10.4. The molecule has 0 aliphatic carbocycles. The lowest BCUT2D eigenvalue weighted by Crippen LogP contribution is -2.23. The van der Waals surface area contributed by atoms with E-state index in [2.05, 4.69) is 5.32 Å². The molecule has 1 rings (SSSR count). The fourth-order valence-corrected chi connectivity index (χ4v) is 1.93. The molecule has 3 heteroatoms. The van der Waals surface area contributed by atoms with Crippen molar-refractivity contribution >= 4 is 17.7 Å². The molecule has 1 N–H and O–H groups in total. The second kappa shape index (κ2) is 6.30. The summed E-state index contributed by atoms with van der Waals surface area (Å²) in [4.78, 5) is 13.4. The average Bonchev–Trinajstić information content (AvgIpc) is 2.27. The van der Waals surface area contributed by atoms with Crippen LogP contribution in [0.15, 0.2) is 46.2 Å². The fourth-order valence-electron chi connectivity index (χ4n) is 1.10. The molecule has 0 spiro atoms. The zero-order valence-corrected chi connectivity index (χ0v) is 9.80. The Morgan fingerprint density at radius 2 is 2.07 bits per heavy atom.